The van der Waals surface area contributed by atoms with Gasteiger partial charge in [-0.1, -0.05) is 6.07 Å². The SMILES string of the molecule is CC(NC1CCN2CCCC12)c1cccs1. The fourth-order valence-corrected chi connectivity index (χ4v) is 3.96. The Balaban J connectivity index is 1.62. The molecule has 3 atom stereocenters. The first-order chi connectivity index (χ1) is 7.84. The Labute approximate surface area is 102 Å². The van der Waals surface area contributed by atoms with Crippen molar-refractivity contribution in [1.82, 2.24) is 10.2 Å². The first-order valence-electron chi connectivity index (χ1n) is 6.38. The van der Waals surface area contributed by atoms with E-state index in [1.54, 1.807) is 0 Å². The summed E-state index contributed by atoms with van der Waals surface area (Å²) in [6.45, 7) is 4.93. The zero-order chi connectivity index (χ0) is 11.0. The highest BCUT2D eigenvalue weighted by Crippen LogP contribution is 2.30. The summed E-state index contributed by atoms with van der Waals surface area (Å²) in [4.78, 5) is 4.13. The van der Waals surface area contributed by atoms with Crippen LogP contribution >= 0.6 is 11.3 Å². The van der Waals surface area contributed by atoms with Crippen LogP contribution in [0.5, 0.6) is 0 Å². The molecule has 2 nitrogen and oxygen atoms in total. The van der Waals surface area contributed by atoms with Crippen molar-refractivity contribution in [3.63, 3.8) is 0 Å². The van der Waals surface area contributed by atoms with Crippen molar-refractivity contribution in [3.05, 3.63) is 22.4 Å². The maximum Gasteiger partial charge on any atom is 0.0388 e. The van der Waals surface area contributed by atoms with Gasteiger partial charge in [0.1, 0.15) is 0 Å². The lowest BCUT2D eigenvalue weighted by Gasteiger charge is -2.24. The molecular formula is C13H20N2S. The van der Waals surface area contributed by atoms with E-state index >= 15 is 0 Å². The molecule has 0 bridgehead atoms. The minimum Gasteiger partial charge on any atom is -0.305 e. The average molecular weight is 236 g/mol. The molecule has 2 fully saturated rings. The van der Waals surface area contributed by atoms with Crippen LogP contribution in [0.4, 0.5) is 0 Å². The highest BCUT2D eigenvalue weighted by molar-refractivity contribution is 7.10. The third-order valence-electron chi connectivity index (χ3n) is 4.04. The largest absolute Gasteiger partial charge is 0.305 e. The molecular weight excluding hydrogens is 216 g/mol. The lowest BCUT2D eigenvalue weighted by molar-refractivity contribution is 0.292. The predicted molar refractivity (Wildman–Crippen MR) is 68.9 cm³/mol. The van der Waals surface area contributed by atoms with Crippen molar-refractivity contribution in [2.24, 2.45) is 0 Å². The van der Waals surface area contributed by atoms with E-state index in [0.29, 0.717) is 6.04 Å². The summed E-state index contributed by atoms with van der Waals surface area (Å²) < 4.78 is 0. The van der Waals surface area contributed by atoms with E-state index in [4.69, 9.17) is 0 Å². The normalized spacial score (nSPS) is 31.8. The molecule has 2 saturated heterocycles. The Morgan fingerprint density at radius 2 is 2.38 bits per heavy atom. The zero-order valence-electron chi connectivity index (χ0n) is 9.86. The summed E-state index contributed by atoms with van der Waals surface area (Å²) in [7, 11) is 0. The highest BCUT2D eigenvalue weighted by Gasteiger charge is 2.37. The quantitative estimate of drug-likeness (QED) is 0.868. The first-order valence-corrected chi connectivity index (χ1v) is 7.26. The van der Waals surface area contributed by atoms with Gasteiger partial charge in [-0.25, -0.2) is 0 Å². The van der Waals surface area contributed by atoms with E-state index in [0.717, 1.165) is 12.1 Å². The number of hydrogen-bond acceptors (Lipinski definition) is 3. The van der Waals surface area contributed by atoms with Crippen molar-refractivity contribution in [3.8, 4) is 0 Å². The molecule has 3 heterocycles. The van der Waals surface area contributed by atoms with Crippen molar-refractivity contribution in [2.45, 2.75) is 44.3 Å². The summed E-state index contributed by atoms with van der Waals surface area (Å²) in [6.07, 6.45) is 4.13. The number of thiophene rings is 1. The average Bonchev–Trinajstić information content (AvgIpc) is 2.94. The van der Waals surface area contributed by atoms with Gasteiger partial charge in [0.15, 0.2) is 0 Å². The summed E-state index contributed by atoms with van der Waals surface area (Å²) in [5.41, 5.74) is 0. The van der Waals surface area contributed by atoms with E-state index in [2.05, 4.69) is 34.7 Å². The molecule has 3 heteroatoms. The number of hydrogen-bond donors (Lipinski definition) is 1. The molecule has 0 spiro atoms. The molecule has 0 amide bonds. The first kappa shape index (κ1) is 10.8. The minimum atomic E-state index is 0.519. The molecule has 16 heavy (non-hydrogen) atoms. The van der Waals surface area contributed by atoms with Gasteiger partial charge in [-0.05, 0) is 44.2 Å². The summed E-state index contributed by atoms with van der Waals surface area (Å²) in [5, 5.41) is 5.99. The van der Waals surface area contributed by atoms with Crippen LogP contribution in [0, 0.1) is 0 Å². The summed E-state index contributed by atoms with van der Waals surface area (Å²) in [5.74, 6) is 0. The molecule has 88 valence electrons. The van der Waals surface area contributed by atoms with Gasteiger partial charge in [0.05, 0.1) is 0 Å². The van der Waals surface area contributed by atoms with Crippen molar-refractivity contribution < 1.29 is 0 Å². The molecule has 2 aliphatic rings. The van der Waals surface area contributed by atoms with Gasteiger partial charge in [-0.3, -0.25) is 4.90 Å². The Bertz CT molecular complexity index is 336. The lowest BCUT2D eigenvalue weighted by atomic mass is 10.1. The highest BCUT2D eigenvalue weighted by atomic mass is 32.1. The maximum absolute atomic E-state index is 3.82. The lowest BCUT2D eigenvalue weighted by Crippen LogP contribution is -2.40. The van der Waals surface area contributed by atoms with Crippen molar-refractivity contribution in [2.75, 3.05) is 13.1 Å². The van der Waals surface area contributed by atoms with Gasteiger partial charge in [-0.15, -0.1) is 11.3 Å². The van der Waals surface area contributed by atoms with Crippen LogP contribution < -0.4 is 5.32 Å². The Morgan fingerprint density at radius 1 is 1.44 bits per heavy atom. The fourth-order valence-electron chi connectivity index (χ4n) is 3.22. The molecule has 3 unspecified atom stereocenters. The van der Waals surface area contributed by atoms with Gasteiger partial charge in [-0.2, -0.15) is 0 Å². The fraction of sp³-hybridized carbons (Fsp3) is 0.692. The second-order valence-corrected chi connectivity index (χ2v) is 6.02. The standard InChI is InChI=1S/C13H20N2S/c1-10(13-5-3-9-16-13)14-11-6-8-15-7-2-4-12(11)15/h3,5,9-12,14H,2,4,6-8H2,1H3. The van der Waals surface area contributed by atoms with Crippen LogP contribution in [0.25, 0.3) is 0 Å². The molecule has 0 aliphatic carbocycles. The van der Waals surface area contributed by atoms with Gasteiger partial charge < -0.3 is 5.32 Å². The zero-order valence-corrected chi connectivity index (χ0v) is 10.7. The van der Waals surface area contributed by atoms with E-state index in [1.807, 2.05) is 11.3 Å². The monoisotopic (exact) mass is 236 g/mol. The van der Waals surface area contributed by atoms with Crippen LogP contribution in [0.1, 0.15) is 37.1 Å². The number of nitrogens with one attached hydrogen (secondary N) is 1. The third kappa shape index (κ3) is 1.92. The summed E-state index contributed by atoms with van der Waals surface area (Å²) in [6, 6.07) is 6.45. The Kier molecular flexibility index (Phi) is 3.01. The third-order valence-corrected chi connectivity index (χ3v) is 5.10. The molecule has 1 aromatic heterocycles. The Hall–Kier alpha value is -0.380. The molecule has 0 aromatic carbocycles. The Morgan fingerprint density at radius 3 is 3.19 bits per heavy atom. The maximum atomic E-state index is 3.82. The number of rotatable bonds is 3. The molecule has 1 aromatic rings. The van der Waals surface area contributed by atoms with E-state index in [9.17, 15) is 0 Å². The molecule has 1 N–H and O–H groups in total. The van der Waals surface area contributed by atoms with E-state index in [1.165, 1.54) is 37.2 Å². The van der Waals surface area contributed by atoms with Gasteiger partial charge in [0.2, 0.25) is 0 Å². The van der Waals surface area contributed by atoms with Crippen LogP contribution in [-0.4, -0.2) is 30.1 Å². The molecule has 3 rings (SSSR count). The molecule has 0 radical (unpaired) electrons. The number of nitrogens with zero attached hydrogens (tertiary/aromatic N) is 1. The van der Waals surface area contributed by atoms with E-state index < -0.39 is 0 Å². The van der Waals surface area contributed by atoms with E-state index in [-0.39, 0.29) is 0 Å². The second kappa shape index (κ2) is 4.47. The van der Waals surface area contributed by atoms with Crippen LogP contribution in [0.15, 0.2) is 17.5 Å². The van der Waals surface area contributed by atoms with Crippen molar-refractivity contribution in [1.29, 1.82) is 0 Å². The predicted octanol–water partition coefficient (Wildman–Crippen LogP) is 2.64. The van der Waals surface area contributed by atoms with Crippen molar-refractivity contribution >= 4 is 11.3 Å². The smallest absolute Gasteiger partial charge is 0.0388 e. The van der Waals surface area contributed by atoms with Crippen LogP contribution in [-0.2, 0) is 0 Å². The molecule has 2 aliphatic heterocycles. The minimum absolute atomic E-state index is 0.519. The topological polar surface area (TPSA) is 15.3 Å². The van der Waals surface area contributed by atoms with Gasteiger partial charge in [0, 0.05) is 29.5 Å². The van der Waals surface area contributed by atoms with Crippen LogP contribution in [0.2, 0.25) is 0 Å². The summed E-state index contributed by atoms with van der Waals surface area (Å²) >= 11 is 1.86. The van der Waals surface area contributed by atoms with Gasteiger partial charge in [0.25, 0.3) is 0 Å². The molecule has 0 saturated carbocycles. The van der Waals surface area contributed by atoms with Gasteiger partial charge >= 0.3 is 0 Å². The number of fused-ring (bicyclic) bond motifs is 1. The second-order valence-electron chi connectivity index (χ2n) is 5.04. The van der Waals surface area contributed by atoms with Crippen LogP contribution in [0.3, 0.4) is 0 Å².